The van der Waals surface area contributed by atoms with Crippen LogP contribution in [0.5, 0.6) is 0 Å². The van der Waals surface area contributed by atoms with Crippen molar-refractivity contribution in [3.8, 4) is 11.1 Å². The molecule has 1 heterocycles. The van der Waals surface area contributed by atoms with E-state index in [0.29, 0.717) is 11.1 Å². The predicted octanol–water partition coefficient (Wildman–Crippen LogP) is 6.10. The molecule has 0 spiro atoms. The number of hydrogen-bond donors (Lipinski definition) is 1. The minimum Gasteiger partial charge on any atom is -0.467 e. The fraction of sp³-hybridized carbons (Fsp3) is 0.258. The normalized spacial score (nSPS) is 12.0. The summed E-state index contributed by atoms with van der Waals surface area (Å²) >= 11 is 0. The number of alkyl carbamates (subject to hydrolysis) is 1. The second-order valence-electron chi connectivity index (χ2n) is 10.1. The van der Waals surface area contributed by atoms with E-state index in [9.17, 15) is 14.4 Å². The van der Waals surface area contributed by atoms with Gasteiger partial charge in [-0.1, -0.05) is 66.7 Å². The molecular weight excluding hydrogens is 496 g/mol. The molecule has 8 nitrogen and oxygen atoms in total. The molecule has 1 amide bonds. The van der Waals surface area contributed by atoms with Gasteiger partial charge in [-0.25, -0.2) is 14.4 Å². The van der Waals surface area contributed by atoms with Gasteiger partial charge in [0.05, 0.1) is 12.6 Å². The van der Waals surface area contributed by atoms with Crippen LogP contribution in [0, 0.1) is 0 Å². The Balaban J connectivity index is 1.66. The van der Waals surface area contributed by atoms with Gasteiger partial charge >= 0.3 is 18.2 Å². The van der Waals surface area contributed by atoms with Gasteiger partial charge in [0, 0.05) is 18.0 Å². The highest BCUT2D eigenvalue weighted by Gasteiger charge is 2.27. The Bertz CT molecular complexity index is 1460. The first-order chi connectivity index (χ1) is 18.6. The Morgan fingerprint density at radius 3 is 2.21 bits per heavy atom. The minimum absolute atomic E-state index is 0.0545. The van der Waals surface area contributed by atoms with Crippen LogP contribution >= 0.6 is 0 Å². The molecule has 4 rings (SSSR count). The number of amides is 1. The quantitative estimate of drug-likeness (QED) is 0.230. The number of fused-ring (bicyclic) bond motifs is 1. The highest BCUT2D eigenvalue weighted by atomic mass is 16.6. The van der Waals surface area contributed by atoms with Crippen LogP contribution in [0.15, 0.2) is 85.1 Å². The predicted molar refractivity (Wildman–Crippen MR) is 148 cm³/mol. The fourth-order valence-corrected chi connectivity index (χ4v) is 4.20. The number of carbonyl (C=O) groups is 3. The molecule has 0 fully saturated rings. The molecule has 1 aromatic heterocycles. The maximum Gasteiger partial charge on any atom is 0.419 e. The van der Waals surface area contributed by atoms with Gasteiger partial charge in [0.1, 0.15) is 18.2 Å². The molecule has 4 aromatic rings. The van der Waals surface area contributed by atoms with Crippen LogP contribution in [0.3, 0.4) is 0 Å². The van der Waals surface area contributed by atoms with Crippen LogP contribution in [-0.2, 0) is 32.0 Å². The topological polar surface area (TPSA) is 95.9 Å². The first-order valence-corrected chi connectivity index (χ1v) is 12.6. The Hall–Kier alpha value is -4.59. The third-order valence-electron chi connectivity index (χ3n) is 6.00. The largest absolute Gasteiger partial charge is 0.467 e. The van der Waals surface area contributed by atoms with Gasteiger partial charge in [-0.3, -0.25) is 4.57 Å². The van der Waals surface area contributed by atoms with E-state index < -0.39 is 29.8 Å². The van der Waals surface area contributed by atoms with E-state index in [1.165, 1.54) is 11.7 Å². The minimum atomic E-state index is -1.05. The average Bonchev–Trinajstić information content (AvgIpc) is 3.29. The van der Waals surface area contributed by atoms with Crippen molar-refractivity contribution in [3.05, 3.63) is 96.2 Å². The molecule has 39 heavy (non-hydrogen) atoms. The van der Waals surface area contributed by atoms with Gasteiger partial charge in [-0.15, -0.1) is 0 Å². The molecule has 0 aliphatic rings. The van der Waals surface area contributed by atoms with E-state index in [4.69, 9.17) is 14.2 Å². The van der Waals surface area contributed by atoms with Crippen molar-refractivity contribution in [2.75, 3.05) is 7.11 Å². The summed E-state index contributed by atoms with van der Waals surface area (Å²) in [6.07, 6.45) is 0.407. The van der Waals surface area contributed by atoms with Crippen molar-refractivity contribution >= 4 is 29.1 Å². The van der Waals surface area contributed by atoms with Crippen LogP contribution in [0.4, 0.5) is 9.59 Å². The molecule has 0 aliphatic carbocycles. The molecule has 0 aliphatic heterocycles. The lowest BCUT2D eigenvalue weighted by Crippen LogP contribution is -2.43. The summed E-state index contributed by atoms with van der Waals surface area (Å²) in [7, 11) is 1.25. The lowest BCUT2D eigenvalue weighted by Gasteiger charge is -2.19. The smallest absolute Gasteiger partial charge is 0.419 e. The first-order valence-electron chi connectivity index (χ1n) is 12.6. The molecule has 0 saturated carbocycles. The fourth-order valence-electron chi connectivity index (χ4n) is 4.20. The number of methoxy groups -OCH3 is 1. The summed E-state index contributed by atoms with van der Waals surface area (Å²) < 4.78 is 17.3. The first kappa shape index (κ1) is 27.4. The summed E-state index contributed by atoms with van der Waals surface area (Å²) in [5.74, 6) is -0.635. The van der Waals surface area contributed by atoms with Crippen LogP contribution in [0.25, 0.3) is 22.0 Å². The van der Waals surface area contributed by atoms with E-state index in [-0.39, 0.29) is 13.0 Å². The molecule has 0 bridgehead atoms. The molecule has 0 saturated heterocycles. The lowest BCUT2D eigenvalue weighted by atomic mass is 10.00. The highest BCUT2D eigenvalue weighted by Crippen LogP contribution is 2.30. The number of aromatic nitrogens is 1. The van der Waals surface area contributed by atoms with Crippen molar-refractivity contribution in [2.45, 2.75) is 45.4 Å². The zero-order valence-electron chi connectivity index (χ0n) is 22.5. The van der Waals surface area contributed by atoms with Crippen molar-refractivity contribution in [1.29, 1.82) is 0 Å². The zero-order chi connectivity index (χ0) is 28.0. The number of nitrogens with one attached hydrogen (secondary N) is 1. The summed E-state index contributed by atoms with van der Waals surface area (Å²) in [5, 5.41) is 3.36. The molecule has 1 N–H and O–H groups in total. The number of nitrogens with zero attached hydrogens (tertiary/aromatic N) is 1. The van der Waals surface area contributed by atoms with E-state index >= 15 is 0 Å². The molecule has 202 valence electrons. The van der Waals surface area contributed by atoms with E-state index in [2.05, 4.69) is 5.32 Å². The number of carbonyl (C=O) groups excluding carboxylic acids is 3. The number of ether oxygens (including phenoxy) is 3. The van der Waals surface area contributed by atoms with Crippen molar-refractivity contribution in [2.24, 2.45) is 0 Å². The summed E-state index contributed by atoms with van der Waals surface area (Å²) in [5.41, 5.74) is 3.34. The highest BCUT2D eigenvalue weighted by molar-refractivity contribution is 5.95. The van der Waals surface area contributed by atoms with Gasteiger partial charge in [0.2, 0.25) is 0 Å². The number of rotatable bonds is 7. The third-order valence-corrected chi connectivity index (χ3v) is 6.00. The maximum absolute atomic E-state index is 13.1. The molecule has 8 heteroatoms. The summed E-state index contributed by atoms with van der Waals surface area (Å²) in [4.78, 5) is 38.4. The zero-order valence-corrected chi connectivity index (χ0v) is 22.5. The van der Waals surface area contributed by atoms with Crippen molar-refractivity contribution in [1.82, 2.24) is 9.88 Å². The Kier molecular flexibility index (Phi) is 8.34. The lowest BCUT2D eigenvalue weighted by molar-refractivity contribution is -0.143. The summed E-state index contributed by atoms with van der Waals surface area (Å²) in [6, 6.07) is 23.7. The van der Waals surface area contributed by atoms with Crippen molar-refractivity contribution in [3.63, 3.8) is 0 Å². The van der Waals surface area contributed by atoms with Crippen LogP contribution in [0.2, 0.25) is 0 Å². The van der Waals surface area contributed by atoms with Gasteiger partial charge in [-0.2, -0.15) is 0 Å². The van der Waals surface area contributed by atoms with Crippen LogP contribution in [-0.4, -0.2) is 41.5 Å². The van der Waals surface area contributed by atoms with Gasteiger partial charge in [-0.05, 0) is 55.2 Å². The SMILES string of the molecule is COC(=O)[C@@H](Cc1cn(C(=O)OC(C)(C)C)c2ccc(-c3ccccc3)cc12)NC(=O)OCc1ccccc1. The van der Waals surface area contributed by atoms with Crippen LogP contribution < -0.4 is 5.32 Å². The molecule has 0 unspecified atom stereocenters. The second kappa shape index (κ2) is 11.9. The maximum atomic E-state index is 13.1. The van der Waals surface area contributed by atoms with E-state index in [0.717, 1.165) is 22.1 Å². The van der Waals surface area contributed by atoms with Crippen molar-refractivity contribution < 1.29 is 28.6 Å². The standard InChI is InChI=1S/C31H32N2O6/c1-31(2,3)39-30(36)33-19-24(25-17-23(15-16-27(25)33)22-13-9-6-10-14-22)18-26(28(34)37-4)32-29(35)38-20-21-11-7-5-8-12-21/h5-17,19,26H,18,20H2,1-4H3,(H,32,35)/t26-/m1/s1. The van der Waals surface area contributed by atoms with E-state index in [1.54, 1.807) is 27.0 Å². The second-order valence-corrected chi connectivity index (χ2v) is 10.1. The average molecular weight is 529 g/mol. The Morgan fingerprint density at radius 1 is 0.897 bits per heavy atom. The Labute approximate surface area is 227 Å². The van der Waals surface area contributed by atoms with Crippen LogP contribution in [0.1, 0.15) is 31.9 Å². The van der Waals surface area contributed by atoms with Gasteiger partial charge < -0.3 is 19.5 Å². The number of hydrogen-bond acceptors (Lipinski definition) is 6. The molecule has 0 radical (unpaired) electrons. The molecular formula is C31H32N2O6. The third kappa shape index (κ3) is 7.04. The number of esters is 1. The number of benzene rings is 3. The molecule has 1 atom stereocenters. The molecule has 3 aromatic carbocycles. The summed E-state index contributed by atoms with van der Waals surface area (Å²) in [6.45, 7) is 5.44. The monoisotopic (exact) mass is 528 g/mol. The van der Waals surface area contributed by atoms with Gasteiger partial charge in [0.15, 0.2) is 0 Å². The van der Waals surface area contributed by atoms with E-state index in [1.807, 2.05) is 78.9 Å². The Morgan fingerprint density at radius 2 is 1.56 bits per heavy atom. The van der Waals surface area contributed by atoms with Gasteiger partial charge in [0.25, 0.3) is 0 Å².